The van der Waals surface area contributed by atoms with Gasteiger partial charge in [-0.2, -0.15) is 5.26 Å². The van der Waals surface area contributed by atoms with E-state index in [-0.39, 0.29) is 12.6 Å². The number of anilines is 1. The van der Waals surface area contributed by atoms with Crippen molar-refractivity contribution in [3.63, 3.8) is 0 Å². The Hall–Kier alpha value is -3.30. The van der Waals surface area contributed by atoms with E-state index in [9.17, 15) is 0 Å². The molecule has 0 unspecified atom stereocenters. The lowest BCUT2D eigenvalue weighted by Gasteiger charge is -2.26. The zero-order chi connectivity index (χ0) is 20.1. The second-order valence-corrected chi connectivity index (χ2v) is 7.08. The van der Waals surface area contributed by atoms with Gasteiger partial charge >= 0.3 is 0 Å². The predicted molar refractivity (Wildman–Crippen MR) is 110 cm³/mol. The van der Waals surface area contributed by atoms with Gasteiger partial charge in [0.2, 0.25) is 5.88 Å². The number of rotatable bonds is 6. The molecule has 0 N–H and O–H groups in total. The number of nitriles is 1. The predicted octanol–water partition coefficient (Wildman–Crippen LogP) is 5.17. The number of hydrogen-bond donors (Lipinski definition) is 0. The van der Waals surface area contributed by atoms with Crippen molar-refractivity contribution in [2.24, 2.45) is 0 Å². The Morgan fingerprint density at radius 2 is 1.97 bits per heavy atom. The first-order chi connectivity index (χ1) is 14.2. The van der Waals surface area contributed by atoms with Gasteiger partial charge in [0.25, 0.3) is 0 Å². The molecule has 0 amide bonds. The summed E-state index contributed by atoms with van der Waals surface area (Å²) in [6.45, 7) is 0.943. The molecule has 29 heavy (non-hydrogen) atoms. The molecule has 1 atom stereocenters. The van der Waals surface area contributed by atoms with Crippen LogP contribution in [-0.4, -0.2) is 23.1 Å². The highest BCUT2D eigenvalue weighted by atomic mass is 35.5. The first kappa shape index (κ1) is 19.0. The number of hydrogen-bond acceptors (Lipinski definition) is 6. The molecule has 146 valence electrons. The van der Waals surface area contributed by atoms with Crippen molar-refractivity contribution in [2.75, 3.05) is 18.1 Å². The van der Waals surface area contributed by atoms with Gasteiger partial charge in [-0.3, -0.25) is 0 Å². The Labute approximate surface area is 174 Å². The monoisotopic (exact) mass is 406 g/mol. The minimum Gasteiger partial charge on any atom is -0.479 e. The van der Waals surface area contributed by atoms with Crippen molar-refractivity contribution in [2.45, 2.75) is 18.9 Å². The van der Waals surface area contributed by atoms with Crippen molar-refractivity contribution in [1.82, 2.24) is 9.97 Å². The highest BCUT2D eigenvalue weighted by Crippen LogP contribution is 2.36. The van der Waals surface area contributed by atoms with Gasteiger partial charge < -0.3 is 14.4 Å². The molecular formula is C22H19ClN4O2. The zero-order valence-electron chi connectivity index (χ0n) is 15.7. The SMILES string of the molecule is N#CCOc1cccc([C@H]2CCCN2c2cnc(Oc3ccc(Cl)cc3)cn2)c1. The molecule has 1 aliphatic heterocycles. The number of aromatic nitrogens is 2. The Morgan fingerprint density at radius 1 is 1.10 bits per heavy atom. The molecule has 3 aromatic rings. The highest BCUT2D eigenvalue weighted by molar-refractivity contribution is 6.30. The molecule has 1 aliphatic rings. The van der Waals surface area contributed by atoms with Gasteiger partial charge in [0.15, 0.2) is 6.61 Å². The summed E-state index contributed by atoms with van der Waals surface area (Å²) in [6, 6.07) is 17.2. The van der Waals surface area contributed by atoms with Crippen LogP contribution in [0.15, 0.2) is 60.9 Å². The summed E-state index contributed by atoms with van der Waals surface area (Å²) in [5.74, 6) is 2.59. The Kier molecular flexibility index (Phi) is 5.78. The summed E-state index contributed by atoms with van der Waals surface area (Å²) < 4.78 is 11.2. The molecule has 0 spiro atoms. The number of halogens is 1. The lowest BCUT2D eigenvalue weighted by atomic mass is 10.0. The molecule has 1 fully saturated rings. The van der Waals surface area contributed by atoms with Crippen LogP contribution in [0.2, 0.25) is 5.02 Å². The van der Waals surface area contributed by atoms with E-state index >= 15 is 0 Å². The van der Waals surface area contributed by atoms with Crippen molar-refractivity contribution >= 4 is 17.4 Å². The average molecular weight is 407 g/mol. The fourth-order valence-electron chi connectivity index (χ4n) is 3.45. The van der Waals surface area contributed by atoms with E-state index in [0.29, 0.717) is 22.4 Å². The van der Waals surface area contributed by atoms with E-state index in [0.717, 1.165) is 30.8 Å². The summed E-state index contributed by atoms with van der Waals surface area (Å²) in [7, 11) is 0. The van der Waals surface area contributed by atoms with Crippen LogP contribution in [0, 0.1) is 11.3 Å². The molecule has 1 saturated heterocycles. The van der Waals surface area contributed by atoms with Crippen molar-refractivity contribution < 1.29 is 9.47 Å². The quantitative estimate of drug-likeness (QED) is 0.562. The Balaban J connectivity index is 1.49. The summed E-state index contributed by atoms with van der Waals surface area (Å²) in [5, 5.41) is 9.37. The lowest BCUT2D eigenvalue weighted by Crippen LogP contribution is -2.23. The zero-order valence-corrected chi connectivity index (χ0v) is 16.4. The van der Waals surface area contributed by atoms with Gasteiger partial charge in [0.1, 0.15) is 23.4 Å². The van der Waals surface area contributed by atoms with Crippen LogP contribution in [0.1, 0.15) is 24.4 Å². The summed E-state index contributed by atoms with van der Waals surface area (Å²) >= 11 is 5.90. The standard InChI is InChI=1S/C22H19ClN4O2/c23-17-6-8-18(9-7-17)29-22-15-25-21(14-26-22)27-11-2-5-20(27)16-3-1-4-19(13-16)28-12-10-24/h1,3-4,6-9,13-15,20H,2,5,11-12H2/t20-/m1/s1. The maximum atomic E-state index is 8.71. The van der Waals surface area contributed by atoms with Crippen LogP contribution < -0.4 is 14.4 Å². The van der Waals surface area contributed by atoms with Gasteiger partial charge in [-0.1, -0.05) is 23.7 Å². The molecule has 2 aromatic carbocycles. The minimum absolute atomic E-state index is 0.0401. The molecular weight excluding hydrogens is 388 g/mol. The number of benzene rings is 2. The average Bonchev–Trinajstić information content (AvgIpc) is 3.25. The highest BCUT2D eigenvalue weighted by Gasteiger charge is 2.27. The van der Waals surface area contributed by atoms with E-state index in [1.165, 1.54) is 0 Å². The molecule has 7 heteroatoms. The normalized spacial score (nSPS) is 15.7. The van der Waals surface area contributed by atoms with Crippen molar-refractivity contribution in [3.8, 4) is 23.4 Å². The van der Waals surface area contributed by atoms with E-state index in [2.05, 4.69) is 20.9 Å². The first-order valence-electron chi connectivity index (χ1n) is 9.35. The molecule has 0 bridgehead atoms. The van der Waals surface area contributed by atoms with Gasteiger partial charge in [0, 0.05) is 11.6 Å². The molecule has 0 radical (unpaired) electrons. The fourth-order valence-corrected chi connectivity index (χ4v) is 3.57. The third kappa shape index (κ3) is 4.58. The van der Waals surface area contributed by atoms with Crippen LogP contribution in [0.3, 0.4) is 0 Å². The maximum Gasteiger partial charge on any atom is 0.237 e. The second kappa shape index (κ2) is 8.80. The van der Waals surface area contributed by atoms with Crippen molar-refractivity contribution in [3.05, 3.63) is 71.5 Å². The van der Waals surface area contributed by atoms with E-state index in [1.807, 2.05) is 24.3 Å². The largest absolute Gasteiger partial charge is 0.479 e. The third-order valence-electron chi connectivity index (χ3n) is 4.74. The van der Waals surface area contributed by atoms with Crippen LogP contribution in [0.25, 0.3) is 0 Å². The van der Waals surface area contributed by atoms with Crippen LogP contribution in [0.5, 0.6) is 17.4 Å². The molecule has 6 nitrogen and oxygen atoms in total. The Bertz CT molecular complexity index is 1000. The molecule has 2 heterocycles. The van der Waals surface area contributed by atoms with Crippen LogP contribution >= 0.6 is 11.6 Å². The number of nitrogens with zero attached hydrogens (tertiary/aromatic N) is 4. The Morgan fingerprint density at radius 3 is 2.72 bits per heavy atom. The molecule has 0 saturated carbocycles. The first-order valence-corrected chi connectivity index (χ1v) is 9.72. The molecule has 4 rings (SSSR count). The lowest BCUT2D eigenvalue weighted by molar-refractivity contribution is 0.367. The van der Waals surface area contributed by atoms with E-state index in [1.54, 1.807) is 36.7 Å². The fraction of sp³-hybridized carbons (Fsp3) is 0.227. The summed E-state index contributed by atoms with van der Waals surface area (Å²) in [5.41, 5.74) is 1.14. The topological polar surface area (TPSA) is 71.3 Å². The van der Waals surface area contributed by atoms with Gasteiger partial charge in [-0.15, -0.1) is 0 Å². The van der Waals surface area contributed by atoms with Gasteiger partial charge in [0.05, 0.1) is 18.4 Å². The van der Waals surface area contributed by atoms with Crippen LogP contribution in [0.4, 0.5) is 5.82 Å². The van der Waals surface area contributed by atoms with E-state index in [4.69, 9.17) is 26.3 Å². The maximum absolute atomic E-state index is 8.71. The van der Waals surface area contributed by atoms with Crippen molar-refractivity contribution in [1.29, 1.82) is 5.26 Å². The van der Waals surface area contributed by atoms with Gasteiger partial charge in [-0.25, -0.2) is 9.97 Å². The minimum atomic E-state index is 0.0401. The summed E-state index contributed by atoms with van der Waals surface area (Å²) in [4.78, 5) is 11.2. The molecule has 0 aliphatic carbocycles. The summed E-state index contributed by atoms with van der Waals surface area (Å²) in [6.07, 6.45) is 5.45. The third-order valence-corrected chi connectivity index (χ3v) is 5.00. The smallest absolute Gasteiger partial charge is 0.237 e. The van der Waals surface area contributed by atoms with Gasteiger partial charge in [-0.05, 0) is 54.8 Å². The number of ether oxygens (including phenoxy) is 2. The van der Waals surface area contributed by atoms with Crippen LogP contribution in [-0.2, 0) is 0 Å². The second-order valence-electron chi connectivity index (χ2n) is 6.64. The molecule has 1 aromatic heterocycles. The van der Waals surface area contributed by atoms with E-state index < -0.39 is 0 Å².